The Hall–Kier alpha value is -0.530. The third-order valence-corrected chi connectivity index (χ3v) is 7.26. The van der Waals surface area contributed by atoms with Gasteiger partial charge >= 0.3 is 0 Å². The molecule has 1 aliphatic heterocycles. The maximum atomic E-state index is 12.4. The summed E-state index contributed by atoms with van der Waals surface area (Å²) in [5.41, 5.74) is 0.883. The van der Waals surface area contributed by atoms with Crippen LogP contribution in [0.15, 0.2) is 19.1 Å². The molecule has 18 heavy (non-hydrogen) atoms. The lowest BCUT2D eigenvalue weighted by molar-refractivity contribution is 0.397. The Morgan fingerprint density at radius 1 is 1.61 bits per heavy atom. The monoisotopic (exact) mass is 350 g/mol. The molecule has 2 rings (SSSR count). The van der Waals surface area contributed by atoms with Gasteiger partial charge in [-0.05, 0) is 47.3 Å². The van der Waals surface area contributed by atoms with Crippen LogP contribution in [0.2, 0.25) is 0 Å². The van der Waals surface area contributed by atoms with E-state index in [1.54, 1.807) is 6.07 Å². The van der Waals surface area contributed by atoms with E-state index in [0.29, 0.717) is 19.4 Å². The Labute approximate surface area is 118 Å². The van der Waals surface area contributed by atoms with Crippen molar-refractivity contribution in [2.45, 2.75) is 30.1 Å². The third-order valence-electron chi connectivity index (χ3n) is 2.77. The second-order valence-electron chi connectivity index (χ2n) is 3.98. The lowest BCUT2D eigenvalue weighted by Crippen LogP contribution is -2.33. The molecule has 1 atom stereocenters. The molecule has 0 N–H and O–H groups in total. The van der Waals surface area contributed by atoms with Crippen LogP contribution < -0.4 is 0 Å². The molecule has 8 heteroatoms. The molecule has 0 bridgehead atoms. The number of carbonyl (C=O) groups excluding carboxylic acids is 1. The number of hydrogen-bond acceptors (Lipinski definition) is 5. The van der Waals surface area contributed by atoms with E-state index in [4.69, 9.17) is 0 Å². The van der Waals surface area contributed by atoms with E-state index in [1.807, 2.05) is 6.92 Å². The molecular weight excluding hydrogens is 340 g/mol. The fourth-order valence-corrected chi connectivity index (χ4v) is 5.82. The minimum atomic E-state index is -3.56. The first-order valence-electron chi connectivity index (χ1n) is 5.31. The van der Waals surface area contributed by atoms with E-state index >= 15 is 0 Å². The lowest BCUT2D eigenvalue weighted by Gasteiger charge is -2.18. The molecule has 0 saturated carbocycles. The lowest BCUT2D eigenvalue weighted by atomic mass is 10.3. The molecule has 1 aromatic heterocycles. The van der Waals surface area contributed by atoms with Crippen molar-refractivity contribution in [3.05, 3.63) is 15.4 Å². The number of aryl methyl sites for hydroxylation is 1. The number of isocyanates is 1. The first-order valence-corrected chi connectivity index (χ1v) is 8.36. The fourth-order valence-electron chi connectivity index (χ4n) is 1.87. The molecule has 1 aromatic rings. The average Bonchev–Trinajstić information content (AvgIpc) is 2.88. The van der Waals surface area contributed by atoms with Gasteiger partial charge in [0.15, 0.2) is 0 Å². The summed E-state index contributed by atoms with van der Waals surface area (Å²) in [6, 6.07) is 1.63. The zero-order chi connectivity index (χ0) is 13.3. The summed E-state index contributed by atoms with van der Waals surface area (Å²) >= 11 is 4.49. The normalized spacial score (nSPS) is 20.9. The van der Waals surface area contributed by atoms with Crippen LogP contribution in [0.5, 0.6) is 0 Å². The SMILES string of the molecule is Cc1cc(S(=O)(=O)N2CCCC2N=C=O)sc1Br. The molecule has 0 amide bonds. The summed E-state index contributed by atoms with van der Waals surface area (Å²) in [4.78, 5) is 13.9. The summed E-state index contributed by atoms with van der Waals surface area (Å²) in [5.74, 6) is 0. The van der Waals surface area contributed by atoms with E-state index < -0.39 is 16.2 Å². The summed E-state index contributed by atoms with van der Waals surface area (Å²) in [6.45, 7) is 2.23. The molecule has 2 heterocycles. The number of thiophene rings is 1. The number of nitrogens with zero attached hydrogens (tertiary/aromatic N) is 2. The molecule has 1 aliphatic rings. The van der Waals surface area contributed by atoms with E-state index in [9.17, 15) is 13.2 Å². The maximum absolute atomic E-state index is 12.4. The first kappa shape index (κ1) is 13.9. The minimum Gasteiger partial charge on any atom is -0.211 e. The van der Waals surface area contributed by atoms with Crippen molar-refractivity contribution in [3.8, 4) is 0 Å². The average molecular weight is 351 g/mol. The third kappa shape index (κ3) is 2.44. The number of rotatable bonds is 3. The van der Waals surface area contributed by atoms with E-state index in [-0.39, 0.29) is 4.21 Å². The van der Waals surface area contributed by atoms with Crippen molar-refractivity contribution in [1.82, 2.24) is 4.31 Å². The highest BCUT2D eigenvalue weighted by Gasteiger charge is 2.36. The quantitative estimate of drug-likeness (QED) is 0.620. The smallest absolute Gasteiger partial charge is 0.211 e. The minimum absolute atomic E-state index is 0.278. The van der Waals surface area contributed by atoms with Gasteiger partial charge in [-0.1, -0.05) is 0 Å². The second kappa shape index (κ2) is 5.22. The van der Waals surface area contributed by atoms with Gasteiger partial charge in [0.25, 0.3) is 10.0 Å². The number of aliphatic imine (C=N–C) groups is 1. The predicted octanol–water partition coefficient (Wildman–Crippen LogP) is 2.27. The topological polar surface area (TPSA) is 66.8 Å². The molecule has 0 aromatic carbocycles. The Morgan fingerprint density at radius 3 is 2.89 bits per heavy atom. The summed E-state index contributed by atoms with van der Waals surface area (Å²) in [6.07, 6.45) is 2.12. The molecular formula is C10H11BrN2O3S2. The van der Waals surface area contributed by atoms with Crippen LogP contribution in [0.1, 0.15) is 18.4 Å². The zero-order valence-corrected chi connectivity index (χ0v) is 12.8. The van der Waals surface area contributed by atoms with Crippen LogP contribution in [-0.2, 0) is 14.8 Å². The molecule has 0 radical (unpaired) electrons. The molecule has 1 unspecified atom stereocenters. The second-order valence-corrected chi connectivity index (χ2v) is 8.47. The van der Waals surface area contributed by atoms with E-state index in [1.165, 1.54) is 21.7 Å². The molecule has 0 spiro atoms. The summed E-state index contributed by atoms with van der Waals surface area (Å²) in [7, 11) is -3.56. The largest absolute Gasteiger partial charge is 0.254 e. The molecule has 1 saturated heterocycles. The zero-order valence-electron chi connectivity index (χ0n) is 9.59. The van der Waals surface area contributed by atoms with Crippen molar-refractivity contribution in [1.29, 1.82) is 0 Å². The molecule has 98 valence electrons. The highest BCUT2D eigenvalue weighted by molar-refractivity contribution is 9.11. The van der Waals surface area contributed by atoms with Crippen molar-refractivity contribution in [2.24, 2.45) is 4.99 Å². The van der Waals surface area contributed by atoms with E-state index in [0.717, 1.165) is 9.35 Å². The fraction of sp³-hybridized carbons (Fsp3) is 0.500. The number of hydrogen-bond donors (Lipinski definition) is 0. The van der Waals surface area contributed by atoms with Gasteiger partial charge in [-0.2, -0.15) is 9.30 Å². The number of sulfonamides is 1. The highest BCUT2D eigenvalue weighted by Crippen LogP contribution is 2.34. The van der Waals surface area contributed by atoms with Gasteiger partial charge in [-0.15, -0.1) is 11.3 Å². The van der Waals surface area contributed by atoms with Crippen LogP contribution in [0.25, 0.3) is 0 Å². The molecule has 1 fully saturated rings. The van der Waals surface area contributed by atoms with Crippen molar-refractivity contribution >= 4 is 43.4 Å². The highest BCUT2D eigenvalue weighted by atomic mass is 79.9. The van der Waals surface area contributed by atoms with Gasteiger partial charge < -0.3 is 0 Å². The van der Waals surface area contributed by atoms with E-state index in [2.05, 4.69) is 20.9 Å². The van der Waals surface area contributed by atoms with Gasteiger partial charge in [0.1, 0.15) is 10.4 Å². The summed E-state index contributed by atoms with van der Waals surface area (Å²) < 4.78 is 27.2. The Balaban J connectivity index is 2.39. The van der Waals surface area contributed by atoms with Crippen LogP contribution in [-0.4, -0.2) is 31.5 Å². The maximum Gasteiger partial charge on any atom is 0.254 e. The Kier molecular flexibility index (Phi) is 4.03. The first-order chi connectivity index (χ1) is 8.46. The standard InChI is InChI=1S/C10H11BrN2O3S2/c1-7-5-9(17-10(7)11)18(15,16)13-4-2-3-8(13)12-6-14/h5,8H,2-4H2,1H3. The summed E-state index contributed by atoms with van der Waals surface area (Å²) in [5, 5.41) is 0. The number of halogens is 1. The van der Waals surface area contributed by atoms with Crippen molar-refractivity contribution in [2.75, 3.05) is 6.54 Å². The molecule has 0 aliphatic carbocycles. The van der Waals surface area contributed by atoms with Crippen LogP contribution >= 0.6 is 27.3 Å². The Morgan fingerprint density at radius 2 is 2.33 bits per heavy atom. The van der Waals surface area contributed by atoms with Crippen molar-refractivity contribution < 1.29 is 13.2 Å². The van der Waals surface area contributed by atoms with Crippen LogP contribution in [0, 0.1) is 6.92 Å². The van der Waals surface area contributed by atoms with Crippen LogP contribution in [0.4, 0.5) is 0 Å². The predicted molar refractivity (Wildman–Crippen MR) is 71.8 cm³/mol. The van der Waals surface area contributed by atoms with Crippen molar-refractivity contribution in [3.63, 3.8) is 0 Å². The Bertz CT molecular complexity index is 585. The van der Waals surface area contributed by atoms with Gasteiger partial charge in [0.05, 0.1) is 3.79 Å². The van der Waals surface area contributed by atoms with Crippen LogP contribution in [0.3, 0.4) is 0 Å². The van der Waals surface area contributed by atoms with Gasteiger partial charge in [-0.3, -0.25) is 0 Å². The molecule has 5 nitrogen and oxygen atoms in total. The van der Waals surface area contributed by atoms with Gasteiger partial charge in [0, 0.05) is 6.54 Å². The van der Waals surface area contributed by atoms with Gasteiger partial charge in [0.2, 0.25) is 6.08 Å². The van der Waals surface area contributed by atoms with Gasteiger partial charge in [-0.25, -0.2) is 13.2 Å².